The van der Waals surface area contributed by atoms with Gasteiger partial charge in [-0.15, -0.1) is 32.5 Å². The van der Waals surface area contributed by atoms with Crippen LogP contribution in [0.1, 0.15) is 5.69 Å². The van der Waals surface area contributed by atoms with Crippen LogP contribution in [0.4, 0.5) is 15.7 Å². The predicted molar refractivity (Wildman–Crippen MR) is 132 cm³/mol. The highest BCUT2D eigenvalue weighted by Crippen LogP contribution is 2.40. The summed E-state index contributed by atoms with van der Waals surface area (Å²) in [6.07, 6.45) is 0.687. The van der Waals surface area contributed by atoms with E-state index in [9.17, 15) is 24.3 Å². The van der Waals surface area contributed by atoms with Crippen molar-refractivity contribution in [3.05, 3.63) is 34.6 Å². The first-order chi connectivity index (χ1) is 18.1. The molecule has 0 saturated carbocycles. The Kier molecular flexibility index (Phi) is 7.72. The summed E-state index contributed by atoms with van der Waals surface area (Å²) in [6, 6.07) is 0.581. The molecule has 3 amide bonds. The Morgan fingerprint density at radius 1 is 1.37 bits per heavy atom. The van der Waals surface area contributed by atoms with E-state index >= 15 is 0 Å². The van der Waals surface area contributed by atoms with Crippen LogP contribution in [0, 0.1) is 0 Å². The summed E-state index contributed by atoms with van der Waals surface area (Å²) in [5, 5.41) is 19.4. The maximum absolute atomic E-state index is 13.0. The maximum atomic E-state index is 13.0. The van der Waals surface area contributed by atoms with Gasteiger partial charge in [-0.3, -0.25) is 14.5 Å². The minimum atomic E-state index is -1.54. The fourth-order valence-electron chi connectivity index (χ4n) is 4.00. The van der Waals surface area contributed by atoms with Gasteiger partial charge < -0.3 is 42.0 Å². The average molecular weight is 566 g/mol. The van der Waals surface area contributed by atoms with Gasteiger partial charge in [0.15, 0.2) is 29.4 Å². The number of nitrogens with one attached hydrogen (secondary N) is 1. The Balaban J connectivity index is 1.51. The number of rotatable bonds is 10. The van der Waals surface area contributed by atoms with E-state index in [0.717, 1.165) is 16.2 Å². The number of hydrogen-bond donors (Lipinski definition) is 4. The molecule has 18 heteroatoms. The minimum absolute atomic E-state index is 0.0503. The molecule has 0 unspecified atom stereocenters. The number of carboxylic acids is 1. The fraction of sp³-hybridized carbons (Fsp3) is 0.350. The Hall–Kier alpha value is -4.32. The van der Waals surface area contributed by atoms with Crippen LogP contribution < -0.4 is 32.3 Å². The van der Waals surface area contributed by atoms with Crippen molar-refractivity contribution in [2.24, 2.45) is 10.9 Å². The van der Waals surface area contributed by atoms with E-state index in [1.165, 1.54) is 24.3 Å². The van der Waals surface area contributed by atoms with Gasteiger partial charge >= 0.3 is 6.09 Å². The highest BCUT2D eigenvalue weighted by molar-refractivity contribution is 8.00. The Morgan fingerprint density at radius 3 is 2.76 bits per heavy atom. The number of ether oxygens (including phenoxy) is 1. The zero-order chi connectivity index (χ0) is 27.6. The molecule has 0 radical (unpaired) electrons. The molecule has 7 N–H and O–H groups in total. The van der Waals surface area contributed by atoms with Crippen molar-refractivity contribution in [2.75, 3.05) is 30.9 Å². The zero-order valence-electron chi connectivity index (χ0n) is 19.9. The standard InChI is InChI=1S/C20H23N9O7S2/c1-35-26-12(10-8-38-19(22)24-10)15(30)25-13-16(31)29-14(18(32)33)9(7-37-17(13)29)6-27-3-2-11(21)28(27)4-5-36-20(23)34/h2-3,8,13,17,21H,4-7H2,1H3,(H6,22,23,24,25,30,32,33,34)/t13-,17-/m1/s1. The molecule has 38 heavy (non-hydrogen) atoms. The van der Waals surface area contributed by atoms with Gasteiger partial charge in [-0.25, -0.2) is 9.78 Å². The molecule has 0 aliphatic carbocycles. The van der Waals surface area contributed by atoms with E-state index in [-0.39, 0.29) is 47.7 Å². The zero-order valence-corrected chi connectivity index (χ0v) is 21.5. The van der Waals surface area contributed by atoms with Crippen LogP contribution in [-0.2, 0) is 37.0 Å². The SMILES string of the molecule is CON=C(C(=O)N[C@@H]1C(=O)N2C(C(=O)[O-])=C(C[n+]3ccc(N)n3CCOC(N)=O)CS[C@H]12)c1csc(N)n1. The summed E-state index contributed by atoms with van der Waals surface area (Å²) < 4.78 is 7.94. The lowest BCUT2D eigenvalue weighted by atomic mass is 10.0. The first kappa shape index (κ1) is 26.7. The number of thioether (sulfide) groups is 1. The predicted octanol–water partition coefficient (Wildman–Crippen LogP) is -3.05. The number of carbonyl (C=O) groups excluding carboxylic acids is 4. The van der Waals surface area contributed by atoms with E-state index in [2.05, 4.69) is 15.5 Å². The molecule has 1 saturated heterocycles. The molecular weight excluding hydrogens is 542 g/mol. The summed E-state index contributed by atoms with van der Waals surface area (Å²) in [7, 11) is 1.25. The first-order valence-electron chi connectivity index (χ1n) is 10.9. The lowest BCUT2D eigenvalue weighted by Crippen LogP contribution is -2.71. The molecule has 202 valence electrons. The molecule has 0 bridgehead atoms. The molecule has 0 spiro atoms. The molecule has 0 aromatic carbocycles. The molecule has 4 rings (SSSR count). The number of carboxylic acid groups (broad SMARTS) is 1. The maximum Gasteiger partial charge on any atom is 0.404 e. The number of oxime groups is 1. The van der Waals surface area contributed by atoms with Gasteiger partial charge in [-0.2, -0.15) is 0 Å². The average Bonchev–Trinajstić information content (AvgIpc) is 3.45. The molecule has 2 atom stereocenters. The van der Waals surface area contributed by atoms with Crippen molar-refractivity contribution in [1.29, 1.82) is 0 Å². The van der Waals surface area contributed by atoms with Crippen LogP contribution in [0.2, 0.25) is 0 Å². The Bertz CT molecular complexity index is 1350. The smallest absolute Gasteiger partial charge is 0.404 e. The van der Waals surface area contributed by atoms with Crippen molar-refractivity contribution in [1.82, 2.24) is 19.9 Å². The minimum Gasteiger partial charge on any atom is -0.543 e. The van der Waals surface area contributed by atoms with Crippen LogP contribution in [-0.4, -0.2) is 75.0 Å². The number of carbonyl (C=O) groups is 4. The third-order valence-corrected chi connectivity index (χ3v) is 7.63. The van der Waals surface area contributed by atoms with E-state index in [1.807, 2.05) is 0 Å². The molecule has 4 heterocycles. The number of hydrogen-bond acceptors (Lipinski definition) is 13. The number of aromatic nitrogens is 3. The number of primary amides is 1. The lowest BCUT2D eigenvalue weighted by molar-refractivity contribution is -0.767. The third-order valence-electron chi connectivity index (χ3n) is 5.62. The Morgan fingerprint density at radius 2 is 2.13 bits per heavy atom. The van der Waals surface area contributed by atoms with Crippen LogP contribution >= 0.6 is 23.1 Å². The second kappa shape index (κ2) is 11.0. The van der Waals surface area contributed by atoms with Gasteiger partial charge in [-0.05, 0) is 0 Å². The molecule has 16 nitrogen and oxygen atoms in total. The van der Waals surface area contributed by atoms with Gasteiger partial charge in [-0.1, -0.05) is 5.16 Å². The van der Waals surface area contributed by atoms with Crippen molar-refractivity contribution in [3.63, 3.8) is 0 Å². The van der Waals surface area contributed by atoms with Crippen LogP contribution in [0.15, 0.2) is 34.1 Å². The summed E-state index contributed by atoms with van der Waals surface area (Å²) >= 11 is 2.37. The fourth-order valence-corrected chi connectivity index (χ4v) is 5.88. The van der Waals surface area contributed by atoms with Crippen LogP contribution in [0.25, 0.3) is 0 Å². The number of anilines is 2. The van der Waals surface area contributed by atoms with Gasteiger partial charge in [0.2, 0.25) is 0 Å². The second-order valence-electron chi connectivity index (χ2n) is 7.92. The number of nitrogens with two attached hydrogens (primary N) is 3. The van der Waals surface area contributed by atoms with Crippen molar-refractivity contribution < 1.29 is 38.5 Å². The number of nitrogen functional groups attached to an aromatic ring is 2. The summed E-state index contributed by atoms with van der Waals surface area (Å²) in [5.74, 6) is -2.33. The van der Waals surface area contributed by atoms with Crippen LogP contribution in [0.5, 0.6) is 0 Å². The van der Waals surface area contributed by atoms with E-state index in [4.69, 9.17) is 26.8 Å². The third kappa shape index (κ3) is 5.21. The van der Waals surface area contributed by atoms with E-state index < -0.39 is 35.3 Å². The van der Waals surface area contributed by atoms with Crippen molar-refractivity contribution in [2.45, 2.75) is 24.5 Å². The Labute approximate surface area is 223 Å². The van der Waals surface area contributed by atoms with Crippen molar-refractivity contribution in [3.8, 4) is 0 Å². The number of β-lactam (4-membered cyclic amide) rings is 1. The normalized spacial score (nSPS) is 19.0. The lowest BCUT2D eigenvalue weighted by Gasteiger charge is -2.50. The highest BCUT2D eigenvalue weighted by Gasteiger charge is 2.53. The molecule has 2 aromatic heterocycles. The number of amides is 3. The van der Waals surface area contributed by atoms with E-state index in [0.29, 0.717) is 11.4 Å². The van der Waals surface area contributed by atoms with Gasteiger partial charge in [0.05, 0.1) is 17.7 Å². The largest absolute Gasteiger partial charge is 0.543 e. The first-order valence-corrected chi connectivity index (χ1v) is 12.8. The number of thiazole rings is 1. The summed E-state index contributed by atoms with van der Waals surface area (Å²) in [5.41, 5.74) is 16.7. The van der Waals surface area contributed by atoms with Gasteiger partial charge in [0.1, 0.15) is 37.4 Å². The van der Waals surface area contributed by atoms with E-state index in [1.54, 1.807) is 21.6 Å². The molecule has 2 aromatic rings. The second-order valence-corrected chi connectivity index (χ2v) is 9.92. The summed E-state index contributed by atoms with van der Waals surface area (Å²) in [4.78, 5) is 58.7. The monoisotopic (exact) mass is 565 g/mol. The molecule has 2 aliphatic heterocycles. The van der Waals surface area contributed by atoms with Crippen LogP contribution in [0.3, 0.4) is 0 Å². The highest BCUT2D eigenvalue weighted by atomic mass is 32.2. The number of nitrogens with zero attached hydrogens (tertiary/aromatic N) is 5. The molecule has 2 aliphatic rings. The van der Waals surface area contributed by atoms with Gasteiger partial charge in [0, 0.05) is 16.7 Å². The molecule has 1 fully saturated rings. The summed E-state index contributed by atoms with van der Waals surface area (Å²) in [6.45, 7) is 0.178. The number of aliphatic carboxylic acids is 1. The number of fused-ring (bicyclic) bond motifs is 1. The van der Waals surface area contributed by atoms with Gasteiger partial charge in [0.25, 0.3) is 11.8 Å². The molecular formula is C20H23N9O7S2. The topological polar surface area (TPSA) is 237 Å². The quantitative estimate of drug-likeness (QED) is 0.0976. The van der Waals surface area contributed by atoms with Crippen molar-refractivity contribution >= 4 is 63.6 Å².